The van der Waals surface area contributed by atoms with Crippen LogP contribution in [0.15, 0.2) is 4.99 Å². The van der Waals surface area contributed by atoms with Crippen molar-refractivity contribution in [2.24, 2.45) is 10.9 Å². The Morgan fingerprint density at radius 3 is 2.68 bits per heavy atom. The highest BCUT2D eigenvalue weighted by molar-refractivity contribution is 14.0. The molecule has 1 amide bonds. The fourth-order valence-corrected chi connectivity index (χ4v) is 4.02. The molecule has 0 bridgehead atoms. The molecule has 8 nitrogen and oxygen atoms in total. The molecule has 0 aromatic rings. The largest absolute Gasteiger partial charge is 0.381 e. The molecule has 0 saturated carbocycles. The van der Waals surface area contributed by atoms with Crippen LogP contribution in [0.2, 0.25) is 0 Å². The van der Waals surface area contributed by atoms with Gasteiger partial charge < -0.3 is 25.0 Å². The van der Waals surface area contributed by atoms with Gasteiger partial charge in [-0.2, -0.15) is 0 Å². The van der Waals surface area contributed by atoms with E-state index in [0.29, 0.717) is 5.92 Å². The average molecular weight is 554 g/mol. The Bertz CT molecular complexity index is 515. The fourth-order valence-electron chi connectivity index (χ4n) is 4.02. The molecule has 2 aliphatic heterocycles. The normalized spacial score (nSPS) is 20.4. The molecule has 0 radical (unpaired) electrons. The topological polar surface area (TPSA) is 78.4 Å². The van der Waals surface area contributed by atoms with Crippen molar-refractivity contribution >= 4 is 35.8 Å². The van der Waals surface area contributed by atoms with Crippen LogP contribution in [-0.4, -0.2) is 101 Å². The van der Waals surface area contributed by atoms with Gasteiger partial charge in [0, 0.05) is 66.7 Å². The molecule has 9 heteroatoms. The maximum atomic E-state index is 12.3. The van der Waals surface area contributed by atoms with Gasteiger partial charge in [0.15, 0.2) is 5.96 Å². The van der Waals surface area contributed by atoms with Crippen molar-refractivity contribution in [3.8, 4) is 0 Å². The zero-order valence-corrected chi connectivity index (χ0v) is 22.1. The first-order valence-electron chi connectivity index (χ1n) is 11.7. The molecule has 2 heterocycles. The summed E-state index contributed by atoms with van der Waals surface area (Å²) in [5, 5.41) is 6.72. The number of amides is 1. The van der Waals surface area contributed by atoms with E-state index in [9.17, 15) is 4.79 Å². The number of hydrogen-bond donors (Lipinski definition) is 2. The van der Waals surface area contributed by atoms with Gasteiger partial charge in [0.05, 0.1) is 6.04 Å². The smallest absolute Gasteiger partial charge is 0.239 e. The van der Waals surface area contributed by atoms with Gasteiger partial charge in [0.25, 0.3) is 0 Å². The van der Waals surface area contributed by atoms with Crippen molar-refractivity contribution in [2.45, 2.75) is 51.5 Å². The van der Waals surface area contributed by atoms with E-state index in [4.69, 9.17) is 9.47 Å². The Morgan fingerprint density at radius 2 is 1.97 bits per heavy atom. The molecular formula is C22H44IN5O3. The summed E-state index contributed by atoms with van der Waals surface area (Å²) >= 11 is 0. The summed E-state index contributed by atoms with van der Waals surface area (Å²) in [6.45, 7) is 9.85. The quantitative estimate of drug-likeness (QED) is 0.167. The monoisotopic (exact) mass is 553 g/mol. The first-order chi connectivity index (χ1) is 14.6. The van der Waals surface area contributed by atoms with E-state index < -0.39 is 0 Å². The summed E-state index contributed by atoms with van der Waals surface area (Å²) in [5.41, 5.74) is 0. The van der Waals surface area contributed by atoms with E-state index >= 15 is 0 Å². The number of carbonyl (C=O) groups is 1. The lowest BCUT2D eigenvalue weighted by atomic mass is 10.0. The number of rotatable bonds is 12. The Labute approximate surface area is 205 Å². The van der Waals surface area contributed by atoms with Crippen LogP contribution >= 0.6 is 24.0 Å². The Hall–Kier alpha value is -0.650. The minimum atomic E-state index is 0. The van der Waals surface area contributed by atoms with Crippen LogP contribution in [0.3, 0.4) is 0 Å². The Morgan fingerprint density at radius 1 is 1.19 bits per heavy atom. The summed E-state index contributed by atoms with van der Waals surface area (Å²) in [5.74, 6) is 1.75. The van der Waals surface area contributed by atoms with Crippen molar-refractivity contribution in [3.63, 3.8) is 0 Å². The van der Waals surface area contributed by atoms with Crippen LogP contribution < -0.4 is 10.6 Å². The molecule has 1 atom stereocenters. The van der Waals surface area contributed by atoms with Crippen molar-refractivity contribution in [1.29, 1.82) is 0 Å². The molecule has 0 spiro atoms. The standard InChI is InChI=1S/C22H43N5O3.HI/c1-4-23-22(25-12-7-15-30-18-19-9-16-29-17-10-19)24-11-6-14-27-13-5-8-20(27)21(28)26(2)3;/h19-20H,4-18H2,1-3H3,(H2,23,24,25);1H. The third-order valence-corrected chi connectivity index (χ3v) is 5.76. The highest BCUT2D eigenvalue weighted by Gasteiger charge is 2.30. The van der Waals surface area contributed by atoms with Crippen molar-refractivity contribution in [1.82, 2.24) is 20.4 Å². The van der Waals surface area contributed by atoms with E-state index in [1.807, 2.05) is 14.1 Å². The lowest BCUT2D eigenvalue weighted by Gasteiger charge is -2.26. The van der Waals surface area contributed by atoms with Gasteiger partial charge in [0.2, 0.25) is 5.91 Å². The maximum Gasteiger partial charge on any atom is 0.239 e. The van der Waals surface area contributed by atoms with Gasteiger partial charge in [-0.25, -0.2) is 0 Å². The molecule has 0 aromatic carbocycles. The second-order valence-electron chi connectivity index (χ2n) is 8.45. The SMILES string of the molecule is CCNC(=NCCCOCC1CCOCC1)NCCCN1CCCC1C(=O)N(C)C.I. The van der Waals surface area contributed by atoms with Gasteiger partial charge in [0.1, 0.15) is 0 Å². The number of nitrogens with zero attached hydrogens (tertiary/aromatic N) is 3. The zero-order chi connectivity index (χ0) is 21.6. The number of hydrogen-bond acceptors (Lipinski definition) is 5. The second-order valence-corrected chi connectivity index (χ2v) is 8.45. The van der Waals surface area contributed by atoms with Gasteiger partial charge in [-0.15, -0.1) is 24.0 Å². The Kier molecular flexibility index (Phi) is 15.5. The predicted molar refractivity (Wildman–Crippen MR) is 136 cm³/mol. The van der Waals surface area contributed by atoms with Crippen LogP contribution in [-0.2, 0) is 14.3 Å². The van der Waals surface area contributed by atoms with Gasteiger partial charge >= 0.3 is 0 Å². The number of aliphatic imine (C=N–C) groups is 1. The molecule has 2 N–H and O–H groups in total. The molecule has 31 heavy (non-hydrogen) atoms. The van der Waals surface area contributed by atoms with Gasteiger partial charge in [-0.1, -0.05) is 0 Å². The van der Waals surface area contributed by atoms with E-state index in [1.165, 1.54) is 0 Å². The number of ether oxygens (including phenoxy) is 2. The molecule has 2 fully saturated rings. The number of carbonyl (C=O) groups excluding carboxylic acids is 1. The minimum Gasteiger partial charge on any atom is -0.381 e. The predicted octanol–water partition coefficient (Wildman–Crippen LogP) is 1.94. The summed E-state index contributed by atoms with van der Waals surface area (Å²) in [4.78, 5) is 21.0. The summed E-state index contributed by atoms with van der Waals surface area (Å²) in [7, 11) is 3.69. The lowest BCUT2D eigenvalue weighted by Crippen LogP contribution is -2.44. The molecule has 0 aromatic heterocycles. The van der Waals surface area contributed by atoms with E-state index in [2.05, 4.69) is 27.4 Å². The number of halogens is 1. The van der Waals surface area contributed by atoms with Crippen molar-refractivity contribution < 1.29 is 14.3 Å². The van der Waals surface area contributed by atoms with Crippen LogP contribution in [0, 0.1) is 5.92 Å². The third kappa shape index (κ3) is 11.2. The van der Waals surface area contributed by atoms with E-state index in [0.717, 1.165) is 104 Å². The molecular weight excluding hydrogens is 509 g/mol. The number of likely N-dealkylation sites (tertiary alicyclic amines) is 1. The molecule has 182 valence electrons. The number of nitrogens with one attached hydrogen (secondary N) is 2. The summed E-state index contributed by atoms with van der Waals surface area (Å²) < 4.78 is 11.2. The van der Waals surface area contributed by atoms with Gasteiger partial charge in [-0.3, -0.25) is 14.7 Å². The van der Waals surface area contributed by atoms with Crippen molar-refractivity contribution in [2.75, 3.05) is 73.2 Å². The summed E-state index contributed by atoms with van der Waals surface area (Å²) in [6.07, 6.45) is 6.25. The molecule has 0 aliphatic carbocycles. The van der Waals surface area contributed by atoms with E-state index in [1.54, 1.807) is 4.90 Å². The lowest BCUT2D eigenvalue weighted by molar-refractivity contribution is -0.133. The minimum absolute atomic E-state index is 0. The molecule has 2 aliphatic rings. The van der Waals surface area contributed by atoms with E-state index in [-0.39, 0.29) is 35.9 Å². The fraction of sp³-hybridized carbons (Fsp3) is 0.909. The summed E-state index contributed by atoms with van der Waals surface area (Å²) in [6, 6.07) is 0.0584. The third-order valence-electron chi connectivity index (χ3n) is 5.76. The van der Waals surface area contributed by atoms with Crippen LogP contribution in [0.25, 0.3) is 0 Å². The van der Waals surface area contributed by atoms with Crippen LogP contribution in [0.5, 0.6) is 0 Å². The maximum absolute atomic E-state index is 12.3. The number of likely N-dealkylation sites (N-methyl/N-ethyl adjacent to an activating group) is 1. The highest BCUT2D eigenvalue weighted by atomic mass is 127. The van der Waals surface area contributed by atoms with Crippen molar-refractivity contribution in [3.05, 3.63) is 0 Å². The Balaban J connectivity index is 0.00000480. The zero-order valence-electron chi connectivity index (χ0n) is 19.7. The first-order valence-corrected chi connectivity index (χ1v) is 11.7. The molecule has 2 saturated heterocycles. The van der Waals surface area contributed by atoms with Gasteiger partial charge in [-0.05, 0) is 57.9 Å². The second kappa shape index (κ2) is 16.9. The number of guanidine groups is 1. The molecule has 1 unspecified atom stereocenters. The molecule has 2 rings (SSSR count). The van der Waals surface area contributed by atoms with Crippen LogP contribution in [0.1, 0.15) is 45.4 Å². The highest BCUT2D eigenvalue weighted by Crippen LogP contribution is 2.18. The average Bonchev–Trinajstić information content (AvgIpc) is 3.22. The first kappa shape index (κ1) is 28.4. The van der Waals surface area contributed by atoms with Crippen LogP contribution in [0.4, 0.5) is 0 Å².